The smallest absolute Gasteiger partial charge is 0.161 e. The summed E-state index contributed by atoms with van der Waals surface area (Å²) < 4.78 is 5.49. The van der Waals surface area contributed by atoms with Crippen molar-refractivity contribution in [3.05, 3.63) is 18.2 Å². The number of hydrogen-bond acceptors (Lipinski definition) is 3. The molecule has 1 rings (SSSR count). The summed E-state index contributed by atoms with van der Waals surface area (Å²) in [5.74, 6) is 0.602. The Balaban J connectivity index is 0.00000289. The summed E-state index contributed by atoms with van der Waals surface area (Å²) in [5, 5.41) is 11.9. The first-order valence-corrected chi connectivity index (χ1v) is 6.22. The molecule has 0 aliphatic heterocycles. The maximum absolute atomic E-state index is 9.58. The van der Waals surface area contributed by atoms with E-state index in [9.17, 15) is 5.11 Å². The zero-order chi connectivity index (χ0) is 12.7. The van der Waals surface area contributed by atoms with E-state index in [2.05, 4.69) is 19.2 Å². The molecule has 0 amide bonds. The largest absolute Gasteiger partial charge is 1.00 e. The number of nitrogen functional groups attached to an aromatic ring is 1. The molecular formula is C13H23ClN2O2. The van der Waals surface area contributed by atoms with E-state index in [4.69, 9.17) is 10.5 Å². The predicted molar refractivity (Wildman–Crippen MR) is 69.2 cm³/mol. The number of quaternary nitrogens is 1. The number of ether oxygens (including phenoxy) is 1. The van der Waals surface area contributed by atoms with Gasteiger partial charge in [-0.3, -0.25) is 0 Å². The van der Waals surface area contributed by atoms with Gasteiger partial charge in [-0.25, -0.2) is 0 Å². The van der Waals surface area contributed by atoms with Crippen molar-refractivity contribution in [3.8, 4) is 11.5 Å². The highest BCUT2D eigenvalue weighted by Gasteiger charge is 2.06. The highest BCUT2D eigenvalue weighted by molar-refractivity contribution is 5.51. The Morgan fingerprint density at radius 1 is 1.33 bits per heavy atom. The van der Waals surface area contributed by atoms with Gasteiger partial charge in [0.2, 0.25) is 0 Å². The van der Waals surface area contributed by atoms with Crippen LogP contribution in [0.25, 0.3) is 0 Å². The van der Waals surface area contributed by atoms with Gasteiger partial charge in [-0.1, -0.05) is 13.8 Å². The Bertz CT molecular complexity index is 344. The number of rotatable bonds is 7. The Hall–Kier alpha value is -1.13. The van der Waals surface area contributed by atoms with Crippen molar-refractivity contribution in [2.45, 2.75) is 32.7 Å². The number of halogens is 1. The summed E-state index contributed by atoms with van der Waals surface area (Å²) in [5.41, 5.74) is 6.08. The third-order valence-electron chi connectivity index (χ3n) is 2.91. The highest BCUT2D eigenvalue weighted by Crippen LogP contribution is 2.27. The van der Waals surface area contributed by atoms with E-state index in [1.807, 2.05) is 0 Å². The molecule has 0 fully saturated rings. The van der Waals surface area contributed by atoms with Crippen molar-refractivity contribution < 1.29 is 27.6 Å². The van der Waals surface area contributed by atoms with Crippen LogP contribution in [0.1, 0.15) is 26.7 Å². The number of phenols is 1. The van der Waals surface area contributed by atoms with Crippen LogP contribution < -0.4 is 28.2 Å². The summed E-state index contributed by atoms with van der Waals surface area (Å²) in [6.45, 7) is 5.87. The zero-order valence-corrected chi connectivity index (χ0v) is 11.8. The molecule has 0 spiro atoms. The van der Waals surface area contributed by atoms with Gasteiger partial charge in [-0.2, -0.15) is 0 Å². The van der Waals surface area contributed by atoms with Gasteiger partial charge >= 0.3 is 0 Å². The van der Waals surface area contributed by atoms with Crippen molar-refractivity contribution in [1.29, 1.82) is 0 Å². The molecule has 104 valence electrons. The van der Waals surface area contributed by atoms with Gasteiger partial charge in [0.25, 0.3) is 0 Å². The molecule has 18 heavy (non-hydrogen) atoms. The summed E-state index contributed by atoms with van der Waals surface area (Å²) in [6.07, 6.45) is 2.34. The van der Waals surface area contributed by atoms with Gasteiger partial charge in [-0.05, 0) is 25.0 Å². The first-order valence-electron chi connectivity index (χ1n) is 6.22. The number of benzene rings is 1. The minimum Gasteiger partial charge on any atom is -1.00 e. The van der Waals surface area contributed by atoms with Crippen LogP contribution >= 0.6 is 0 Å². The maximum Gasteiger partial charge on any atom is 0.161 e. The predicted octanol–water partition coefficient (Wildman–Crippen LogP) is -1.89. The molecule has 5 heteroatoms. The second kappa shape index (κ2) is 8.89. The van der Waals surface area contributed by atoms with Crippen molar-refractivity contribution in [2.75, 3.05) is 18.9 Å². The van der Waals surface area contributed by atoms with Gasteiger partial charge in [0, 0.05) is 11.8 Å². The minimum atomic E-state index is 0. The fourth-order valence-corrected chi connectivity index (χ4v) is 1.75. The van der Waals surface area contributed by atoms with E-state index in [1.54, 1.807) is 12.1 Å². The molecule has 0 saturated heterocycles. The van der Waals surface area contributed by atoms with E-state index >= 15 is 0 Å². The molecule has 4 nitrogen and oxygen atoms in total. The molecule has 1 aromatic rings. The number of nitrogens with two attached hydrogens (primary N) is 2. The molecule has 0 aliphatic rings. The van der Waals surface area contributed by atoms with E-state index in [1.165, 1.54) is 18.9 Å². The molecule has 0 unspecified atom stereocenters. The standard InChI is InChI=1S/C13H22N2O2.ClH/c1-3-11(4-2)15-7-8-17-13-6-5-10(14)9-12(13)16;/h5-6,9,11,15-16H,3-4,7-8,14H2,1-2H3;1H. The van der Waals surface area contributed by atoms with Crippen LogP contribution in [0, 0.1) is 0 Å². The minimum absolute atomic E-state index is 0. The molecule has 0 aliphatic carbocycles. The third kappa shape index (κ3) is 5.47. The summed E-state index contributed by atoms with van der Waals surface area (Å²) >= 11 is 0. The number of aromatic hydroxyl groups is 1. The lowest BCUT2D eigenvalue weighted by atomic mass is 10.2. The van der Waals surface area contributed by atoms with Crippen LogP contribution in [0.3, 0.4) is 0 Å². The number of anilines is 1. The lowest BCUT2D eigenvalue weighted by Gasteiger charge is -2.12. The van der Waals surface area contributed by atoms with E-state index in [0.29, 0.717) is 24.1 Å². The third-order valence-corrected chi connectivity index (χ3v) is 2.91. The van der Waals surface area contributed by atoms with Gasteiger partial charge in [0.1, 0.15) is 13.2 Å². The highest BCUT2D eigenvalue weighted by atomic mass is 35.5. The van der Waals surface area contributed by atoms with Crippen LogP contribution in [-0.4, -0.2) is 24.3 Å². The van der Waals surface area contributed by atoms with Gasteiger partial charge in [0.15, 0.2) is 11.5 Å². The first kappa shape index (κ1) is 16.9. The quantitative estimate of drug-likeness (QED) is 0.402. The van der Waals surface area contributed by atoms with Crippen molar-refractivity contribution in [3.63, 3.8) is 0 Å². The van der Waals surface area contributed by atoms with Crippen LogP contribution in [0.15, 0.2) is 18.2 Å². The van der Waals surface area contributed by atoms with Gasteiger partial charge in [-0.15, -0.1) is 0 Å². The average molecular weight is 275 g/mol. The molecule has 0 bridgehead atoms. The molecule has 0 heterocycles. The number of phenolic OH excluding ortho intramolecular Hbond substituents is 1. The van der Waals surface area contributed by atoms with E-state index in [-0.39, 0.29) is 18.2 Å². The first-order chi connectivity index (χ1) is 8.17. The SMILES string of the molecule is CCC(CC)[NH2+]CCOc1ccc(N)cc1O.[Cl-]. The van der Waals surface area contributed by atoms with Gasteiger partial charge in [0.05, 0.1) is 6.04 Å². The molecule has 0 saturated carbocycles. The lowest BCUT2D eigenvalue weighted by molar-refractivity contribution is -0.690. The fraction of sp³-hybridized carbons (Fsp3) is 0.538. The zero-order valence-electron chi connectivity index (χ0n) is 11.0. The Morgan fingerprint density at radius 3 is 2.56 bits per heavy atom. The van der Waals surface area contributed by atoms with Crippen molar-refractivity contribution in [2.24, 2.45) is 0 Å². The van der Waals surface area contributed by atoms with Crippen molar-refractivity contribution in [1.82, 2.24) is 0 Å². The van der Waals surface area contributed by atoms with Crippen LogP contribution in [0.5, 0.6) is 11.5 Å². The molecule has 0 atom stereocenters. The molecule has 1 aromatic carbocycles. The van der Waals surface area contributed by atoms with Crippen LogP contribution in [0.2, 0.25) is 0 Å². The van der Waals surface area contributed by atoms with E-state index < -0.39 is 0 Å². The van der Waals surface area contributed by atoms with E-state index in [0.717, 1.165) is 6.54 Å². The van der Waals surface area contributed by atoms with Gasteiger partial charge < -0.3 is 33.3 Å². The summed E-state index contributed by atoms with van der Waals surface area (Å²) in [4.78, 5) is 0. The second-order valence-corrected chi connectivity index (χ2v) is 4.18. The monoisotopic (exact) mass is 274 g/mol. The average Bonchev–Trinajstić information content (AvgIpc) is 2.32. The molecule has 0 aromatic heterocycles. The Kier molecular flexibility index (Phi) is 8.33. The molecule has 5 N–H and O–H groups in total. The molecular weight excluding hydrogens is 252 g/mol. The summed E-state index contributed by atoms with van der Waals surface area (Å²) in [7, 11) is 0. The second-order valence-electron chi connectivity index (χ2n) is 4.18. The fourth-order valence-electron chi connectivity index (χ4n) is 1.75. The topological polar surface area (TPSA) is 72.1 Å². The van der Waals surface area contributed by atoms with Crippen LogP contribution in [0.4, 0.5) is 5.69 Å². The van der Waals surface area contributed by atoms with Crippen LogP contribution in [-0.2, 0) is 0 Å². The normalized spacial score (nSPS) is 10.2. The summed E-state index contributed by atoms with van der Waals surface area (Å²) in [6, 6.07) is 5.58. The lowest BCUT2D eigenvalue weighted by Crippen LogP contribution is -3.00. The van der Waals surface area contributed by atoms with Crippen molar-refractivity contribution >= 4 is 5.69 Å². The Labute approximate surface area is 115 Å². The molecule has 0 radical (unpaired) electrons. The Morgan fingerprint density at radius 2 is 2.00 bits per heavy atom. The number of hydrogen-bond donors (Lipinski definition) is 3. The maximum atomic E-state index is 9.58.